The number of anilines is 4. The molecular formula is C29H30ClFN6O3S2. The highest BCUT2D eigenvalue weighted by Crippen LogP contribution is 2.39. The molecule has 0 saturated carbocycles. The van der Waals surface area contributed by atoms with Crippen molar-refractivity contribution in [3.05, 3.63) is 69.9 Å². The van der Waals surface area contributed by atoms with E-state index in [1.807, 2.05) is 12.1 Å². The van der Waals surface area contributed by atoms with Crippen LogP contribution in [0.3, 0.4) is 0 Å². The number of aliphatic hydroxyl groups excluding tert-OH is 1. The first-order valence-electron chi connectivity index (χ1n) is 13.3. The van der Waals surface area contributed by atoms with Crippen LogP contribution in [0, 0.1) is 5.82 Å². The lowest BCUT2D eigenvalue weighted by molar-refractivity contribution is 0.0604. The van der Waals surface area contributed by atoms with Gasteiger partial charge in [0.2, 0.25) is 0 Å². The molecule has 0 atom stereocenters. The largest absolute Gasteiger partial charge is 0.465 e. The third-order valence-corrected chi connectivity index (χ3v) is 9.12. The van der Waals surface area contributed by atoms with Crippen LogP contribution in [0.5, 0.6) is 0 Å². The number of aliphatic hydroxyl groups is 1. The van der Waals surface area contributed by atoms with Crippen LogP contribution >= 0.6 is 34.7 Å². The topological polar surface area (TPSA) is 112 Å². The molecule has 1 aliphatic heterocycles. The number of piperidine rings is 1. The Morgan fingerprint density at radius 1 is 1.19 bits per heavy atom. The molecule has 0 bridgehead atoms. The predicted octanol–water partition coefficient (Wildman–Crippen LogP) is 6.56. The first kappa shape index (κ1) is 30.2. The van der Waals surface area contributed by atoms with E-state index in [0.717, 1.165) is 36.5 Å². The summed E-state index contributed by atoms with van der Waals surface area (Å²) in [4.78, 5) is 20.0. The van der Waals surface area contributed by atoms with Crippen LogP contribution in [0.4, 0.5) is 26.6 Å². The molecule has 9 nitrogen and oxygen atoms in total. The zero-order chi connectivity index (χ0) is 29.6. The Labute approximate surface area is 256 Å². The average molecular weight is 629 g/mol. The molecule has 220 valence electrons. The Balaban J connectivity index is 1.41. The Hall–Kier alpha value is -3.29. The number of ether oxygens (including phenoxy) is 1. The van der Waals surface area contributed by atoms with E-state index in [9.17, 15) is 14.3 Å². The fourth-order valence-corrected chi connectivity index (χ4v) is 6.64. The zero-order valence-corrected chi connectivity index (χ0v) is 25.5. The van der Waals surface area contributed by atoms with Crippen molar-refractivity contribution in [3.8, 4) is 11.3 Å². The lowest BCUT2D eigenvalue weighted by atomic mass is 9.90. The number of halogens is 2. The number of aromatic nitrogens is 3. The van der Waals surface area contributed by atoms with Gasteiger partial charge in [-0.25, -0.2) is 14.2 Å². The Morgan fingerprint density at radius 2 is 2.00 bits per heavy atom. The summed E-state index contributed by atoms with van der Waals surface area (Å²) in [5.74, 6) is 0.469. The van der Waals surface area contributed by atoms with E-state index in [1.54, 1.807) is 18.3 Å². The number of esters is 1. The summed E-state index contributed by atoms with van der Waals surface area (Å²) in [6.07, 6.45) is 3.61. The van der Waals surface area contributed by atoms with Gasteiger partial charge in [-0.1, -0.05) is 11.6 Å². The minimum absolute atomic E-state index is 0.0340. The van der Waals surface area contributed by atoms with Gasteiger partial charge in [0.1, 0.15) is 21.5 Å². The SMILES string of the molecule is COC(=O)c1sc(Nc2cc(Nc3cc(-c4cc(Cl)ccc4F)nnc3SCCO)ccn2)cc1C1CCN(C)CC1. The number of hydrogen-bond donors (Lipinski definition) is 3. The van der Waals surface area contributed by atoms with Crippen molar-refractivity contribution < 1.29 is 19.0 Å². The lowest BCUT2D eigenvalue weighted by Crippen LogP contribution is -2.29. The third kappa shape index (κ3) is 7.19. The molecule has 3 N–H and O–H groups in total. The number of methoxy groups -OCH3 is 1. The van der Waals surface area contributed by atoms with Crippen LogP contribution in [-0.2, 0) is 4.74 Å². The van der Waals surface area contributed by atoms with Crippen LogP contribution in [0.2, 0.25) is 5.02 Å². The normalized spacial score (nSPS) is 14.1. The average Bonchev–Trinajstić information content (AvgIpc) is 3.41. The van der Waals surface area contributed by atoms with Crippen molar-refractivity contribution in [2.24, 2.45) is 0 Å². The van der Waals surface area contributed by atoms with E-state index in [0.29, 0.717) is 43.6 Å². The highest BCUT2D eigenvalue weighted by molar-refractivity contribution is 7.99. The predicted molar refractivity (Wildman–Crippen MR) is 166 cm³/mol. The van der Waals surface area contributed by atoms with Gasteiger partial charge >= 0.3 is 5.97 Å². The summed E-state index contributed by atoms with van der Waals surface area (Å²) < 4.78 is 19.7. The summed E-state index contributed by atoms with van der Waals surface area (Å²) in [5.41, 5.74) is 2.83. The van der Waals surface area contributed by atoms with Crippen molar-refractivity contribution in [1.82, 2.24) is 20.1 Å². The zero-order valence-electron chi connectivity index (χ0n) is 23.1. The van der Waals surface area contributed by atoms with E-state index < -0.39 is 5.82 Å². The highest BCUT2D eigenvalue weighted by Gasteiger charge is 2.26. The van der Waals surface area contributed by atoms with Crippen LogP contribution in [0.15, 0.2) is 53.7 Å². The molecular weight excluding hydrogens is 599 g/mol. The molecule has 4 aromatic rings. The quantitative estimate of drug-likeness (QED) is 0.132. The van der Waals surface area contributed by atoms with Crippen LogP contribution in [0.1, 0.15) is 34.0 Å². The molecule has 1 saturated heterocycles. The molecule has 0 spiro atoms. The van der Waals surface area contributed by atoms with Gasteiger partial charge in [0.15, 0.2) is 0 Å². The maximum atomic E-state index is 14.6. The minimum atomic E-state index is -0.465. The summed E-state index contributed by atoms with van der Waals surface area (Å²) in [7, 11) is 3.51. The van der Waals surface area contributed by atoms with E-state index >= 15 is 0 Å². The number of carbonyl (C=O) groups is 1. The number of rotatable bonds is 10. The van der Waals surface area contributed by atoms with Gasteiger partial charge in [0.25, 0.3) is 0 Å². The Morgan fingerprint density at radius 3 is 2.76 bits per heavy atom. The number of pyridine rings is 1. The van der Waals surface area contributed by atoms with Crippen molar-refractivity contribution >= 4 is 62.9 Å². The number of carbonyl (C=O) groups excluding carboxylic acids is 1. The second-order valence-corrected chi connectivity index (χ2v) is 12.4. The number of thioether (sulfide) groups is 1. The highest BCUT2D eigenvalue weighted by atomic mass is 35.5. The van der Waals surface area contributed by atoms with Crippen molar-refractivity contribution in [1.29, 1.82) is 0 Å². The molecule has 42 heavy (non-hydrogen) atoms. The van der Waals surface area contributed by atoms with Gasteiger partial charge in [-0.15, -0.1) is 33.3 Å². The summed E-state index contributed by atoms with van der Waals surface area (Å²) in [5, 5.41) is 26.2. The first-order valence-corrected chi connectivity index (χ1v) is 15.5. The minimum Gasteiger partial charge on any atom is -0.465 e. The molecule has 0 radical (unpaired) electrons. The van der Waals surface area contributed by atoms with Gasteiger partial charge < -0.3 is 25.4 Å². The monoisotopic (exact) mass is 628 g/mol. The lowest BCUT2D eigenvalue weighted by Gasteiger charge is -2.29. The van der Waals surface area contributed by atoms with Crippen LogP contribution in [-0.4, -0.2) is 70.8 Å². The molecule has 3 aromatic heterocycles. The van der Waals surface area contributed by atoms with E-state index in [2.05, 4.69) is 37.8 Å². The molecule has 4 heterocycles. The van der Waals surface area contributed by atoms with E-state index in [-0.39, 0.29) is 24.1 Å². The number of thiophene rings is 1. The fraction of sp³-hybridized carbons (Fsp3) is 0.310. The number of nitrogens with zero attached hydrogens (tertiary/aromatic N) is 4. The second-order valence-electron chi connectivity index (χ2n) is 9.79. The number of hydrogen-bond acceptors (Lipinski definition) is 11. The van der Waals surface area contributed by atoms with E-state index in [4.69, 9.17) is 16.3 Å². The van der Waals surface area contributed by atoms with Crippen molar-refractivity contribution in [3.63, 3.8) is 0 Å². The van der Waals surface area contributed by atoms with Gasteiger partial charge in [0.05, 0.1) is 30.1 Å². The molecule has 0 amide bonds. The van der Waals surface area contributed by atoms with E-state index in [1.165, 1.54) is 48.4 Å². The molecule has 1 aromatic carbocycles. The summed E-state index contributed by atoms with van der Waals surface area (Å²) in [6.45, 7) is 1.92. The van der Waals surface area contributed by atoms with Gasteiger partial charge in [0, 0.05) is 34.3 Å². The summed E-state index contributed by atoms with van der Waals surface area (Å²) >= 11 is 8.78. The number of nitrogens with one attached hydrogen (secondary N) is 2. The van der Waals surface area contributed by atoms with Crippen molar-refractivity contribution in [2.45, 2.75) is 23.8 Å². The second kappa shape index (κ2) is 13.8. The van der Waals surface area contributed by atoms with Crippen molar-refractivity contribution in [2.75, 3.05) is 50.2 Å². The molecule has 0 aliphatic carbocycles. The van der Waals surface area contributed by atoms with Crippen LogP contribution in [0.25, 0.3) is 11.3 Å². The first-order chi connectivity index (χ1) is 20.3. The van der Waals surface area contributed by atoms with Crippen LogP contribution < -0.4 is 10.6 Å². The fourth-order valence-electron chi connectivity index (χ4n) is 4.74. The molecule has 5 rings (SSSR count). The maximum absolute atomic E-state index is 14.6. The molecule has 0 unspecified atom stereocenters. The van der Waals surface area contributed by atoms with Gasteiger partial charge in [-0.05, 0) is 80.9 Å². The maximum Gasteiger partial charge on any atom is 0.348 e. The molecule has 1 fully saturated rings. The molecule has 13 heteroatoms. The summed E-state index contributed by atoms with van der Waals surface area (Å²) in [6, 6.07) is 11.6. The number of likely N-dealkylation sites (tertiary alicyclic amines) is 1. The standard InChI is InChI=1S/C29H30ClFN6O3S2/c1-37-9-6-17(7-10-37)20-15-26(42-27(20)29(39)40-2)34-25-14-19(5-8-32-25)33-24-16-23(35-36-28(24)41-12-11-38)21-13-18(30)3-4-22(21)31/h3-5,8,13-17,38H,6-7,9-12H2,1-2H3,(H2,32,33,34,35). The Bertz CT molecular complexity index is 1560. The van der Waals surface area contributed by atoms with Gasteiger partial charge in [-0.2, -0.15) is 0 Å². The smallest absolute Gasteiger partial charge is 0.348 e. The third-order valence-electron chi connectivity index (χ3n) is 6.87. The number of benzene rings is 1. The van der Waals surface area contributed by atoms with Gasteiger partial charge in [-0.3, -0.25) is 0 Å². The Kier molecular flexibility index (Phi) is 9.91. The molecule has 1 aliphatic rings.